The Labute approximate surface area is 124 Å². The van der Waals surface area contributed by atoms with Crippen molar-refractivity contribution in [2.24, 2.45) is 5.73 Å². The highest BCUT2D eigenvalue weighted by atomic mass is 35.5. The fourth-order valence-corrected chi connectivity index (χ4v) is 1.91. The highest BCUT2D eigenvalue weighted by Gasteiger charge is 2.13. The van der Waals surface area contributed by atoms with E-state index >= 15 is 0 Å². The van der Waals surface area contributed by atoms with Crippen LogP contribution in [0.5, 0.6) is 0 Å². The van der Waals surface area contributed by atoms with Crippen LogP contribution < -0.4 is 16.8 Å². The summed E-state index contributed by atoms with van der Waals surface area (Å²) in [6.07, 6.45) is 0. The molecule has 0 spiro atoms. The Bertz CT molecular complexity index is 734. The maximum atomic E-state index is 13.3. The molecule has 0 aromatic heterocycles. The third-order valence-corrected chi connectivity index (χ3v) is 2.98. The van der Waals surface area contributed by atoms with Crippen molar-refractivity contribution in [1.29, 1.82) is 0 Å². The first-order chi connectivity index (χ1) is 9.88. The molecular formula is C14H11ClFN3O2. The maximum Gasteiger partial charge on any atom is 0.257 e. The Morgan fingerprint density at radius 3 is 2.43 bits per heavy atom. The first kappa shape index (κ1) is 14.8. The number of anilines is 2. The molecule has 0 saturated heterocycles. The van der Waals surface area contributed by atoms with Gasteiger partial charge in [-0.25, -0.2) is 4.39 Å². The highest BCUT2D eigenvalue weighted by molar-refractivity contribution is 6.31. The number of hydrogen-bond acceptors (Lipinski definition) is 3. The number of amides is 2. The number of nitrogen functional groups attached to an aromatic ring is 1. The summed E-state index contributed by atoms with van der Waals surface area (Å²) in [6.45, 7) is 0. The zero-order valence-electron chi connectivity index (χ0n) is 10.7. The van der Waals surface area contributed by atoms with E-state index in [1.165, 1.54) is 24.3 Å². The number of rotatable bonds is 3. The van der Waals surface area contributed by atoms with Crippen molar-refractivity contribution in [2.75, 3.05) is 11.1 Å². The second kappa shape index (κ2) is 5.80. The molecule has 0 radical (unpaired) electrons. The van der Waals surface area contributed by atoms with Crippen molar-refractivity contribution in [3.63, 3.8) is 0 Å². The number of carbonyl (C=O) groups is 2. The Balaban J connectivity index is 2.27. The highest BCUT2D eigenvalue weighted by Crippen LogP contribution is 2.20. The molecule has 2 aromatic carbocycles. The van der Waals surface area contributed by atoms with Crippen LogP contribution in [-0.2, 0) is 0 Å². The number of primary amides is 1. The van der Waals surface area contributed by atoms with Crippen LogP contribution in [-0.4, -0.2) is 11.8 Å². The van der Waals surface area contributed by atoms with Crippen LogP contribution >= 0.6 is 11.6 Å². The molecule has 0 atom stereocenters. The van der Waals surface area contributed by atoms with Gasteiger partial charge in [-0.2, -0.15) is 0 Å². The lowest BCUT2D eigenvalue weighted by molar-refractivity contribution is 0.0992. The van der Waals surface area contributed by atoms with Crippen molar-refractivity contribution < 1.29 is 14.0 Å². The minimum atomic E-state index is -0.922. The van der Waals surface area contributed by atoms with Gasteiger partial charge < -0.3 is 16.8 Å². The summed E-state index contributed by atoms with van der Waals surface area (Å²) in [5, 5.41) is 2.91. The van der Waals surface area contributed by atoms with Crippen molar-refractivity contribution in [3.8, 4) is 0 Å². The first-order valence-electron chi connectivity index (χ1n) is 5.84. The largest absolute Gasteiger partial charge is 0.398 e. The molecule has 0 heterocycles. The van der Waals surface area contributed by atoms with Gasteiger partial charge in [-0.3, -0.25) is 9.59 Å². The van der Waals surface area contributed by atoms with Gasteiger partial charge in [0, 0.05) is 16.4 Å². The smallest absolute Gasteiger partial charge is 0.257 e. The molecule has 0 aliphatic rings. The molecule has 0 aliphatic heterocycles. The summed E-state index contributed by atoms with van der Waals surface area (Å²) >= 11 is 5.75. The van der Waals surface area contributed by atoms with E-state index in [9.17, 15) is 14.0 Å². The zero-order valence-corrected chi connectivity index (χ0v) is 11.4. The van der Waals surface area contributed by atoms with Crippen LogP contribution in [0.3, 0.4) is 0 Å². The summed E-state index contributed by atoms with van der Waals surface area (Å²) in [5.41, 5.74) is 11.1. The summed E-state index contributed by atoms with van der Waals surface area (Å²) in [4.78, 5) is 23.1. The van der Waals surface area contributed by atoms with Crippen molar-refractivity contribution in [2.45, 2.75) is 0 Å². The van der Waals surface area contributed by atoms with Gasteiger partial charge in [-0.05, 0) is 36.4 Å². The zero-order chi connectivity index (χ0) is 15.6. The van der Waals surface area contributed by atoms with Crippen LogP contribution in [0.1, 0.15) is 20.7 Å². The summed E-state index contributed by atoms with van der Waals surface area (Å²) in [6, 6.07) is 7.93. The van der Waals surface area contributed by atoms with Crippen LogP contribution in [0, 0.1) is 5.82 Å². The van der Waals surface area contributed by atoms with E-state index in [0.29, 0.717) is 5.02 Å². The van der Waals surface area contributed by atoms with Gasteiger partial charge in [0.1, 0.15) is 5.82 Å². The minimum absolute atomic E-state index is 0.206. The Hall–Kier alpha value is -2.60. The van der Waals surface area contributed by atoms with E-state index < -0.39 is 17.6 Å². The SMILES string of the molecule is NC(=O)c1cc(NC(=O)c2ccc(Cl)cc2N)ccc1F. The van der Waals surface area contributed by atoms with Crippen LogP contribution in [0.25, 0.3) is 0 Å². The van der Waals surface area contributed by atoms with E-state index in [1.54, 1.807) is 0 Å². The van der Waals surface area contributed by atoms with E-state index in [-0.39, 0.29) is 22.5 Å². The second-order valence-corrected chi connectivity index (χ2v) is 4.68. The maximum absolute atomic E-state index is 13.3. The third kappa shape index (κ3) is 3.29. The Morgan fingerprint density at radius 1 is 1.10 bits per heavy atom. The number of hydrogen-bond donors (Lipinski definition) is 3. The molecule has 2 aromatic rings. The molecule has 0 unspecified atom stereocenters. The summed E-state index contributed by atoms with van der Waals surface area (Å²) < 4.78 is 13.3. The number of carbonyl (C=O) groups excluding carboxylic acids is 2. The molecule has 2 amide bonds. The van der Waals surface area contributed by atoms with Crippen LogP contribution in [0.2, 0.25) is 5.02 Å². The molecule has 5 N–H and O–H groups in total. The Kier molecular flexibility index (Phi) is 4.09. The van der Waals surface area contributed by atoms with Gasteiger partial charge in [0.2, 0.25) is 0 Å². The predicted octanol–water partition coefficient (Wildman–Crippen LogP) is 2.41. The molecule has 0 saturated carbocycles. The number of halogens is 2. The van der Waals surface area contributed by atoms with Gasteiger partial charge in [-0.15, -0.1) is 0 Å². The fraction of sp³-hybridized carbons (Fsp3) is 0. The summed E-state index contributed by atoms with van der Waals surface area (Å²) in [5.74, 6) is -2.19. The second-order valence-electron chi connectivity index (χ2n) is 4.24. The molecule has 0 bridgehead atoms. The standard InChI is InChI=1S/C14H11ClFN3O2/c15-7-1-3-9(12(17)5-7)14(21)19-8-2-4-11(16)10(6-8)13(18)20/h1-6H,17H2,(H2,18,20)(H,19,21). The first-order valence-corrected chi connectivity index (χ1v) is 6.22. The number of nitrogens with two attached hydrogens (primary N) is 2. The minimum Gasteiger partial charge on any atom is -0.398 e. The van der Waals surface area contributed by atoms with Gasteiger partial charge >= 0.3 is 0 Å². The summed E-state index contributed by atoms with van der Waals surface area (Å²) in [7, 11) is 0. The monoisotopic (exact) mass is 307 g/mol. The average molecular weight is 308 g/mol. The molecule has 2 rings (SSSR count). The predicted molar refractivity (Wildman–Crippen MR) is 78.7 cm³/mol. The van der Waals surface area contributed by atoms with Crippen molar-refractivity contribution in [1.82, 2.24) is 0 Å². The molecule has 0 aliphatic carbocycles. The van der Waals surface area contributed by atoms with Gasteiger partial charge in [-0.1, -0.05) is 11.6 Å². The van der Waals surface area contributed by atoms with E-state index in [0.717, 1.165) is 12.1 Å². The fourth-order valence-electron chi connectivity index (χ4n) is 1.73. The molecular weight excluding hydrogens is 297 g/mol. The number of nitrogens with one attached hydrogen (secondary N) is 1. The molecule has 21 heavy (non-hydrogen) atoms. The lowest BCUT2D eigenvalue weighted by atomic mass is 10.1. The van der Waals surface area contributed by atoms with Gasteiger partial charge in [0.25, 0.3) is 11.8 Å². The van der Waals surface area contributed by atoms with E-state index in [4.69, 9.17) is 23.1 Å². The Morgan fingerprint density at radius 2 is 1.81 bits per heavy atom. The van der Waals surface area contributed by atoms with Gasteiger partial charge in [0.15, 0.2) is 0 Å². The average Bonchev–Trinajstić information content (AvgIpc) is 2.40. The molecule has 108 valence electrons. The lowest BCUT2D eigenvalue weighted by Gasteiger charge is -2.09. The van der Waals surface area contributed by atoms with Gasteiger partial charge in [0.05, 0.1) is 11.1 Å². The molecule has 0 fully saturated rings. The van der Waals surface area contributed by atoms with E-state index in [2.05, 4.69) is 5.32 Å². The van der Waals surface area contributed by atoms with Crippen molar-refractivity contribution >= 4 is 34.8 Å². The topological polar surface area (TPSA) is 98.2 Å². The van der Waals surface area contributed by atoms with E-state index in [1.807, 2.05) is 0 Å². The normalized spacial score (nSPS) is 10.2. The third-order valence-electron chi connectivity index (χ3n) is 2.75. The van der Waals surface area contributed by atoms with Crippen LogP contribution in [0.15, 0.2) is 36.4 Å². The van der Waals surface area contributed by atoms with Crippen LogP contribution in [0.4, 0.5) is 15.8 Å². The lowest BCUT2D eigenvalue weighted by Crippen LogP contribution is -2.16. The van der Waals surface area contributed by atoms with Crippen molar-refractivity contribution in [3.05, 3.63) is 58.4 Å². The molecule has 7 heteroatoms. The quantitative estimate of drug-likeness (QED) is 0.759. The number of benzene rings is 2. The molecule has 5 nitrogen and oxygen atoms in total.